The first-order chi connectivity index (χ1) is 12.7. The highest BCUT2D eigenvalue weighted by atomic mass is 79.9. The van der Waals surface area contributed by atoms with Gasteiger partial charge in [0.15, 0.2) is 0 Å². The van der Waals surface area contributed by atoms with Crippen LogP contribution in [0, 0.1) is 0 Å². The lowest BCUT2D eigenvalue weighted by Gasteiger charge is -2.39. The number of esters is 1. The summed E-state index contributed by atoms with van der Waals surface area (Å²) in [7, 11) is 0. The molecule has 0 radical (unpaired) electrons. The molecule has 132 valence electrons. The van der Waals surface area contributed by atoms with Crippen LogP contribution < -0.4 is 0 Å². The number of rotatable bonds is 5. The summed E-state index contributed by atoms with van der Waals surface area (Å²) in [6, 6.07) is 13.7. The molecule has 1 aromatic carbocycles. The van der Waals surface area contributed by atoms with E-state index in [0.29, 0.717) is 0 Å². The zero-order valence-electron chi connectivity index (χ0n) is 14.0. The first-order valence-corrected chi connectivity index (χ1v) is 10.1. The molecule has 4 nitrogen and oxygen atoms in total. The van der Waals surface area contributed by atoms with Gasteiger partial charge in [-0.25, -0.2) is 4.98 Å². The molecule has 0 amide bonds. The van der Waals surface area contributed by atoms with E-state index in [0.717, 1.165) is 45.7 Å². The van der Waals surface area contributed by atoms with E-state index >= 15 is 0 Å². The Bertz CT molecular complexity index is 905. The minimum atomic E-state index is -0.499. The number of aromatic nitrogens is 2. The Morgan fingerprint density at radius 1 is 1.19 bits per heavy atom. The first kappa shape index (κ1) is 17.4. The van der Waals surface area contributed by atoms with E-state index in [1.165, 1.54) is 11.3 Å². The van der Waals surface area contributed by atoms with Gasteiger partial charge in [-0.15, -0.1) is 11.3 Å². The van der Waals surface area contributed by atoms with Gasteiger partial charge in [0.25, 0.3) is 0 Å². The summed E-state index contributed by atoms with van der Waals surface area (Å²) < 4.78 is 6.65. The number of carbonyl (C=O) groups excluding carboxylic acids is 1. The third kappa shape index (κ3) is 3.31. The summed E-state index contributed by atoms with van der Waals surface area (Å²) in [5.41, 5.74) is 2.12. The predicted molar refractivity (Wildman–Crippen MR) is 105 cm³/mol. The smallest absolute Gasteiger partial charge is 0.316 e. The number of hydrogen-bond acceptors (Lipinski definition) is 5. The molecule has 0 saturated heterocycles. The molecule has 6 heteroatoms. The number of ether oxygens (including phenoxy) is 1. The maximum atomic E-state index is 12.8. The standard InChI is InChI=1S/C20H17BrN2O2S/c21-15-7-5-14(6-8-15)20(9-3-10-20)19(24)25-12-16-13-26-18(23-16)17-4-1-2-11-22-17/h1-2,4-8,11,13H,3,9-10,12H2. The average molecular weight is 429 g/mol. The van der Waals surface area contributed by atoms with E-state index in [1.54, 1.807) is 6.20 Å². The van der Waals surface area contributed by atoms with E-state index in [-0.39, 0.29) is 12.6 Å². The zero-order chi connectivity index (χ0) is 18.0. The van der Waals surface area contributed by atoms with E-state index in [9.17, 15) is 4.79 Å². The highest BCUT2D eigenvalue weighted by Gasteiger charge is 2.47. The van der Waals surface area contributed by atoms with Crippen molar-refractivity contribution in [3.8, 4) is 10.7 Å². The molecule has 0 spiro atoms. The van der Waals surface area contributed by atoms with Crippen LogP contribution >= 0.6 is 27.3 Å². The van der Waals surface area contributed by atoms with Gasteiger partial charge in [0.05, 0.1) is 16.8 Å². The fourth-order valence-corrected chi connectivity index (χ4v) is 4.21. The lowest BCUT2D eigenvalue weighted by molar-refractivity contribution is -0.156. The highest BCUT2D eigenvalue weighted by Crippen LogP contribution is 2.45. The van der Waals surface area contributed by atoms with Crippen molar-refractivity contribution >= 4 is 33.2 Å². The number of hydrogen-bond donors (Lipinski definition) is 0. The van der Waals surface area contributed by atoms with Crippen molar-refractivity contribution in [3.05, 3.63) is 69.8 Å². The molecular weight excluding hydrogens is 412 g/mol. The summed E-state index contributed by atoms with van der Waals surface area (Å²) in [5, 5.41) is 2.76. The molecule has 0 atom stereocenters. The average Bonchev–Trinajstić information content (AvgIpc) is 3.10. The topological polar surface area (TPSA) is 52.1 Å². The van der Waals surface area contributed by atoms with E-state index in [4.69, 9.17) is 4.74 Å². The molecule has 1 saturated carbocycles. The van der Waals surface area contributed by atoms with Crippen molar-refractivity contribution < 1.29 is 9.53 Å². The molecule has 0 N–H and O–H groups in total. The van der Waals surface area contributed by atoms with Gasteiger partial charge in [0.1, 0.15) is 11.6 Å². The van der Waals surface area contributed by atoms with Gasteiger partial charge in [-0.3, -0.25) is 9.78 Å². The maximum Gasteiger partial charge on any atom is 0.316 e. The fraction of sp³-hybridized carbons (Fsp3) is 0.250. The number of nitrogens with zero attached hydrogens (tertiary/aromatic N) is 2. The zero-order valence-corrected chi connectivity index (χ0v) is 16.4. The molecule has 2 heterocycles. The Morgan fingerprint density at radius 2 is 2.00 bits per heavy atom. The monoisotopic (exact) mass is 428 g/mol. The number of thiazole rings is 1. The third-order valence-electron chi connectivity index (χ3n) is 4.78. The van der Waals surface area contributed by atoms with Crippen molar-refractivity contribution in [1.29, 1.82) is 0 Å². The van der Waals surface area contributed by atoms with Gasteiger partial charge in [0, 0.05) is 16.0 Å². The summed E-state index contributed by atoms with van der Waals surface area (Å²) in [5.74, 6) is -0.154. The summed E-state index contributed by atoms with van der Waals surface area (Å²) in [4.78, 5) is 21.6. The molecule has 3 aromatic rings. The van der Waals surface area contributed by atoms with Crippen molar-refractivity contribution in [3.63, 3.8) is 0 Å². The molecule has 1 aliphatic carbocycles. The van der Waals surface area contributed by atoms with Crippen molar-refractivity contribution in [2.45, 2.75) is 31.3 Å². The molecule has 0 aliphatic heterocycles. The van der Waals surface area contributed by atoms with Crippen LogP contribution in [-0.2, 0) is 21.6 Å². The summed E-state index contributed by atoms with van der Waals surface area (Å²) in [6.07, 6.45) is 4.47. The van der Waals surface area contributed by atoms with E-state index in [1.807, 2.05) is 47.8 Å². The second kappa shape index (κ2) is 7.29. The maximum absolute atomic E-state index is 12.8. The number of pyridine rings is 1. The quantitative estimate of drug-likeness (QED) is 0.528. The normalized spacial score (nSPS) is 15.3. The van der Waals surface area contributed by atoms with Gasteiger partial charge in [0.2, 0.25) is 0 Å². The van der Waals surface area contributed by atoms with Crippen LogP contribution in [0.1, 0.15) is 30.5 Å². The lowest BCUT2D eigenvalue weighted by atomic mass is 9.64. The molecule has 1 aliphatic rings. The van der Waals surface area contributed by atoms with Gasteiger partial charge >= 0.3 is 5.97 Å². The second-order valence-electron chi connectivity index (χ2n) is 6.38. The third-order valence-corrected chi connectivity index (χ3v) is 6.22. The van der Waals surface area contributed by atoms with Crippen LogP contribution in [0.25, 0.3) is 10.7 Å². The molecule has 26 heavy (non-hydrogen) atoms. The molecular formula is C20H17BrN2O2S. The Labute approximate surface area is 164 Å². The van der Waals surface area contributed by atoms with Crippen LogP contribution in [0.4, 0.5) is 0 Å². The van der Waals surface area contributed by atoms with Crippen LogP contribution in [0.5, 0.6) is 0 Å². The van der Waals surface area contributed by atoms with Gasteiger partial charge in [-0.1, -0.05) is 40.5 Å². The molecule has 0 unspecified atom stereocenters. The number of benzene rings is 1. The first-order valence-electron chi connectivity index (χ1n) is 8.46. The van der Waals surface area contributed by atoms with Gasteiger partial charge in [-0.2, -0.15) is 0 Å². The predicted octanol–water partition coefficient (Wildman–Crippen LogP) is 5.13. The molecule has 1 fully saturated rings. The summed E-state index contributed by atoms with van der Waals surface area (Å²) in [6.45, 7) is 0.195. The molecule has 2 aromatic heterocycles. The molecule has 4 rings (SSSR count). The lowest BCUT2D eigenvalue weighted by Crippen LogP contribution is -2.43. The van der Waals surface area contributed by atoms with Crippen LogP contribution in [0.2, 0.25) is 0 Å². The molecule has 0 bridgehead atoms. The second-order valence-corrected chi connectivity index (χ2v) is 8.15. The Balaban J connectivity index is 1.45. The van der Waals surface area contributed by atoms with Crippen LogP contribution in [-0.4, -0.2) is 15.9 Å². The van der Waals surface area contributed by atoms with Crippen molar-refractivity contribution in [2.75, 3.05) is 0 Å². The van der Waals surface area contributed by atoms with Crippen LogP contribution in [0.15, 0.2) is 58.5 Å². The SMILES string of the molecule is O=C(OCc1csc(-c2ccccn2)n1)C1(c2ccc(Br)cc2)CCC1. The Hall–Kier alpha value is -2.05. The Kier molecular flexibility index (Phi) is 4.87. The van der Waals surface area contributed by atoms with Crippen molar-refractivity contribution in [2.24, 2.45) is 0 Å². The Morgan fingerprint density at radius 3 is 2.65 bits per heavy atom. The van der Waals surface area contributed by atoms with Crippen molar-refractivity contribution in [1.82, 2.24) is 9.97 Å². The minimum absolute atomic E-state index is 0.154. The fourth-order valence-electron chi connectivity index (χ4n) is 3.17. The van der Waals surface area contributed by atoms with Gasteiger partial charge in [-0.05, 0) is 42.7 Å². The van der Waals surface area contributed by atoms with E-state index in [2.05, 4.69) is 25.9 Å². The minimum Gasteiger partial charge on any atom is -0.458 e. The van der Waals surface area contributed by atoms with E-state index < -0.39 is 5.41 Å². The largest absolute Gasteiger partial charge is 0.458 e. The summed E-state index contributed by atoms with van der Waals surface area (Å²) >= 11 is 4.95. The highest BCUT2D eigenvalue weighted by molar-refractivity contribution is 9.10. The number of halogens is 1. The number of carbonyl (C=O) groups is 1. The van der Waals surface area contributed by atoms with Crippen LogP contribution in [0.3, 0.4) is 0 Å². The van der Waals surface area contributed by atoms with Gasteiger partial charge < -0.3 is 4.74 Å².